The van der Waals surface area contributed by atoms with E-state index in [1.165, 1.54) is 25.4 Å². The number of urea groups is 1. The summed E-state index contributed by atoms with van der Waals surface area (Å²) in [4.78, 5) is 27.9. The van der Waals surface area contributed by atoms with Crippen LogP contribution in [-0.4, -0.2) is 24.0 Å². The highest BCUT2D eigenvalue weighted by Gasteiger charge is 2.33. The third-order valence-electron chi connectivity index (χ3n) is 4.15. The second-order valence-corrected chi connectivity index (χ2v) is 8.04. The highest BCUT2D eigenvalue weighted by Crippen LogP contribution is 2.36. The SMILES string of the molecule is CNC(=O)c1cc(Oc2ccc(NC(=O)Nc3ccc(Cl)c(C(F)(F)F)c3)c(I)c2)ccn1. The fraction of sp³-hybridized carbons (Fsp3) is 0.0952. The zero-order valence-electron chi connectivity index (χ0n) is 16.8. The molecule has 0 aliphatic carbocycles. The van der Waals surface area contributed by atoms with Crippen LogP contribution in [0.5, 0.6) is 11.5 Å². The van der Waals surface area contributed by atoms with E-state index in [1.54, 1.807) is 24.3 Å². The Kier molecular flexibility index (Phi) is 7.64. The summed E-state index contributed by atoms with van der Waals surface area (Å²) in [5.74, 6) is 0.469. The van der Waals surface area contributed by atoms with Gasteiger partial charge < -0.3 is 20.7 Å². The topological polar surface area (TPSA) is 92.4 Å². The number of halogens is 5. The van der Waals surface area contributed by atoms with E-state index in [2.05, 4.69) is 20.9 Å². The van der Waals surface area contributed by atoms with Crippen molar-refractivity contribution in [2.24, 2.45) is 0 Å². The molecule has 0 spiro atoms. The first kappa shape index (κ1) is 24.6. The molecule has 33 heavy (non-hydrogen) atoms. The van der Waals surface area contributed by atoms with Crippen molar-refractivity contribution in [1.29, 1.82) is 0 Å². The number of carbonyl (C=O) groups is 2. The molecule has 1 heterocycles. The monoisotopic (exact) mass is 590 g/mol. The lowest BCUT2D eigenvalue weighted by Gasteiger charge is -2.13. The lowest BCUT2D eigenvalue weighted by Crippen LogP contribution is -2.20. The molecular weight excluding hydrogens is 576 g/mol. The molecule has 0 atom stereocenters. The molecule has 1 aromatic heterocycles. The maximum absolute atomic E-state index is 13.0. The van der Waals surface area contributed by atoms with Crippen molar-refractivity contribution >= 4 is 57.5 Å². The summed E-state index contributed by atoms with van der Waals surface area (Å²) >= 11 is 7.56. The number of benzene rings is 2. The van der Waals surface area contributed by atoms with Crippen molar-refractivity contribution in [1.82, 2.24) is 10.3 Å². The van der Waals surface area contributed by atoms with Crippen LogP contribution in [0, 0.1) is 3.57 Å². The van der Waals surface area contributed by atoms with Crippen LogP contribution < -0.4 is 20.7 Å². The minimum atomic E-state index is -4.65. The number of carbonyl (C=O) groups excluding carboxylic acids is 2. The molecule has 0 fully saturated rings. The van der Waals surface area contributed by atoms with E-state index >= 15 is 0 Å². The Labute approximate surface area is 204 Å². The van der Waals surface area contributed by atoms with Crippen LogP contribution in [0.1, 0.15) is 16.1 Å². The molecule has 0 unspecified atom stereocenters. The van der Waals surface area contributed by atoms with E-state index in [4.69, 9.17) is 16.3 Å². The fourth-order valence-corrected chi connectivity index (χ4v) is 3.47. The molecule has 2 aromatic carbocycles. The Morgan fingerprint density at radius 3 is 2.42 bits per heavy atom. The molecule has 0 saturated carbocycles. The van der Waals surface area contributed by atoms with Crippen LogP contribution in [0.2, 0.25) is 5.02 Å². The Balaban J connectivity index is 1.68. The molecule has 7 nitrogen and oxygen atoms in total. The van der Waals surface area contributed by atoms with Gasteiger partial charge in [0, 0.05) is 28.6 Å². The Morgan fingerprint density at radius 1 is 1.03 bits per heavy atom. The van der Waals surface area contributed by atoms with Gasteiger partial charge in [-0.25, -0.2) is 4.79 Å². The number of anilines is 2. The maximum Gasteiger partial charge on any atom is 0.417 e. The molecule has 0 aliphatic rings. The highest BCUT2D eigenvalue weighted by molar-refractivity contribution is 14.1. The molecule has 172 valence electrons. The summed E-state index contributed by atoms with van der Waals surface area (Å²) in [5.41, 5.74) is -0.515. The number of alkyl halides is 3. The minimum absolute atomic E-state index is 0.0659. The van der Waals surface area contributed by atoms with E-state index in [1.807, 2.05) is 22.6 Å². The van der Waals surface area contributed by atoms with Gasteiger partial charge in [-0.2, -0.15) is 13.2 Å². The second kappa shape index (κ2) is 10.3. The number of rotatable bonds is 5. The average molecular weight is 591 g/mol. The van der Waals surface area contributed by atoms with Crippen LogP contribution in [0.4, 0.5) is 29.3 Å². The molecule has 0 saturated heterocycles. The summed E-state index contributed by atoms with van der Waals surface area (Å²) in [5, 5.41) is 6.92. The molecule has 3 amide bonds. The number of nitrogens with one attached hydrogen (secondary N) is 3. The predicted molar refractivity (Wildman–Crippen MR) is 126 cm³/mol. The summed E-state index contributed by atoms with van der Waals surface area (Å²) in [7, 11) is 1.49. The van der Waals surface area contributed by atoms with Crippen molar-refractivity contribution in [3.63, 3.8) is 0 Å². The van der Waals surface area contributed by atoms with Gasteiger partial charge in [-0.15, -0.1) is 0 Å². The highest BCUT2D eigenvalue weighted by atomic mass is 127. The van der Waals surface area contributed by atoms with Gasteiger partial charge in [-0.05, 0) is 65.1 Å². The molecule has 0 radical (unpaired) electrons. The number of hydrogen-bond acceptors (Lipinski definition) is 4. The maximum atomic E-state index is 13.0. The Morgan fingerprint density at radius 2 is 1.76 bits per heavy atom. The third kappa shape index (κ3) is 6.48. The van der Waals surface area contributed by atoms with Crippen molar-refractivity contribution in [3.8, 4) is 11.5 Å². The number of pyridine rings is 1. The minimum Gasteiger partial charge on any atom is -0.457 e. The average Bonchev–Trinajstić information content (AvgIpc) is 2.76. The Hall–Kier alpha value is -3.06. The third-order valence-corrected chi connectivity index (χ3v) is 5.37. The molecule has 0 bridgehead atoms. The molecule has 0 aliphatic heterocycles. The van der Waals surface area contributed by atoms with Crippen LogP contribution in [-0.2, 0) is 6.18 Å². The van der Waals surface area contributed by atoms with Gasteiger partial charge in [0.15, 0.2) is 0 Å². The van der Waals surface area contributed by atoms with Gasteiger partial charge in [0.2, 0.25) is 0 Å². The summed E-state index contributed by atoms with van der Waals surface area (Å²) in [6.45, 7) is 0. The van der Waals surface area contributed by atoms with E-state index in [9.17, 15) is 22.8 Å². The number of amides is 3. The van der Waals surface area contributed by atoms with Gasteiger partial charge in [0.25, 0.3) is 5.91 Å². The number of ether oxygens (including phenoxy) is 1. The van der Waals surface area contributed by atoms with Crippen LogP contribution >= 0.6 is 34.2 Å². The first-order valence-electron chi connectivity index (χ1n) is 9.17. The molecule has 3 N–H and O–H groups in total. The van der Waals surface area contributed by atoms with Gasteiger partial charge in [0.1, 0.15) is 17.2 Å². The fourth-order valence-electron chi connectivity index (χ4n) is 2.63. The first-order chi connectivity index (χ1) is 15.6. The van der Waals surface area contributed by atoms with Gasteiger partial charge in [-0.1, -0.05) is 11.6 Å². The molecule has 12 heteroatoms. The quantitative estimate of drug-likeness (QED) is 0.311. The van der Waals surface area contributed by atoms with E-state index < -0.39 is 22.8 Å². The molecule has 3 aromatic rings. The van der Waals surface area contributed by atoms with Crippen LogP contribution in [0.3, 0.4) is 0 Å². The van der Waals surface area contributed by atoms with Crippen LogP contribution in [0.15, 0.2) is 54.7 Å². The van der Waals surface area contributed by atoms with Gasteiger partial charge >= 0.3 is 12.2 Å². The second-order valence-electron chi connectivity index (χ2n) is 6.47. The standard InChI is InChI=1S/C21H15ClF3IN4O3/c1-27-19(31)18-10-13(6-7-28-18)33-12-3-5-17(16(26)9-12)30-20(32)29-11-2-4-15(22)14(8-11)21(23,24)25/h2-10H,1H3,(H,27,31)(H2,29,30,32). The van der Waals surface area contributed by atoms with E-state index in [0.29, 0.717) is 20.8 Å². The van der Waals surface area contributed by atoms with E-state index in [-0.39, 0.29) is 17.3 Å². The van der Waals surface area contributed by atoms with Crippen molar-refractivity contribution in [3.05, 3.63) is 74.6 Å². The van der Waals surface area contributed by atoms with Crippen molar-refractivity contribution in [2.75, 3.05) is 17.7 Å². The zero-order chi connectivity index (χ0) is 24.2. The normalized spacial score (nSPS) is 11.0. The largest absolute Gasteiger partial charge is 0.457 e. The summed E-state index contributed by atoms with van der Waals surface area (Å²) < 4.78 is 45.3. The molecular formula is C21H15ClF3IN4O3. The smallest absolute Gasteiger partial charge is 0.417 e. The number of aromatic nitrogens is 1. The first-order valence-corrected chi connectivity index (χ1v) is 10.6. The number of hydrogen-bond donors (Lipinski definition) is 3. The van der Waals surface area contributed by atoms with Crippen molar-refractivity contribution < 1.29 is 27.5 Å². The zero-order valence-corrected chi connectivity index (χ0v) is 19.7. The predicted octanol–water partition coefficient (Wildman–Crippen LogP) is 6.15. The molecule has 3 rings (SSSR count). The van der Waals surface area contributed by atoms with Gasteiger partial charge in [-0.3, -0.25) is 9.78 Å². The lowest BCUT2D eigenvalue weighted by atomic mass is 10.2. The summed E-state index contributed by atoms with van der Waals surface area (Å²) in [6.07, 6.45) is -3.21. The lowest BCUT2D eigenvalue weighted by molar-refractivity contribution is -0.137. The van der Waals surface area contributed by atoms with Crippen molar-refractivity contribution in [2.45, 2.75) is 6.18 Å². The van der Waals surface area contributed by atoms with Gasteiger partial charge in [0.05, 0.1) is 16.3 Å². The van der Waals surface area contributed by atoms with E-state index in [0.717, 1.165) is 12.1 Å². The van der Waals surface area contributed by atoms with Crippen LogP contribution in [0.25, 0.3) is 0 Å². The Bertz CT molecular complexity index is 1210. The summed E-state index contributed by atoms with van der Waals surface area (Å²) in [6, 6.07) is 10.2. The number of nitrogens with zero attached hydrogens (tertiary/aromatic N) is 1.